The van der Waals surface area contributed by atoms with Crippen LogP contribution in [0.2, 0.25) is 0 Å². The third kappa shape index (κ3) is 4.54. The van der Waals surface area contributed by atoms with E-state index in [4.69, 9.17) is 4.74 Å². The number of carbonyl (C=O) groups excluding carboxylic acids is 1. The fourth-order valence-electron chi connectivity index (χ4n) is 3.06. The van der Waals surface area contributed by atoms with Crippen molar-refractivity contribution in [3.8, 4) is 0 Å². The first-order chi connectivity index (χ1) is 12.1. The number of likely N-dealkylation sites (tertiary alicyclic amines) is 1. The third-order valence-corrected chi connectivity index (χ3v) is 7.54. The summed E-state index contributed by atoms with van der Waals surface area (Å²) in [6.45, 7) is 6.48. The number of hydrogen-bond acceptors (Lipinski definition) is 6. The Morgan fingerprint density at radius 2 is 2.08 bits per heavy atom. The number of rotatable bonds is 3. The zero-order valence-corrected chi connectivity index (χ0v) is 16.9. The molecule has 1 aromatic carbocycles. The summed E-state index contributed by atoms with van der Waals surface area (Å²) < 4.78 is 32.0. The highest BCUT2D eigenvalue weighted by Gasteiger charge is 2.31. The number of sulfone groups is 1. The molecule has 1 aromatic heterocycles. The summed E-state index contributed by atoms with van der Waals surface area (Å²) in [6, 6.07) is 7.40. The molecular weight excluding hydrogens is 372 g/mol. The summed E-state index contributed by atoms with van der Waals surface area (Å²) in [5, 5.41) is 0. The van der Waals surface area contributed by atoms with Gasteiger partial charge < -0.3 is 9.64 Å². The van der Waals surface area contributed by atoms with Crippen LogP contribution >= 0.6 is 11.3 Å². The van der Waals surface area contributed by atoms with E-state index in [-0.39, 0.29) is 22.1 Å². The second-order valence-electron chi connectivity index (χ2n) is 7.66. The van der Waals surface area contributed by atoms with Crippen LogP contribution in [0.3, 0.4) is 0 Å². The molecule has 0 aliphatic carbocycles. The number of aromatic nitrogens is 1. The minimum Gasteiger partial charge on any atom is -0.444 e. The van der Waals surface area contributed by atoms with Gasteiger partial charge in [0, 0.05) is 13.1 Å². The summed E-state index contributed by atoms with van der Waals surface area (Å²) in [5.41, 5.74) is 0.145. The lowest BCUT2D eigenvalue weighted by Crippen LogP contribution is -2.44. The van der Waals surface area contributed by atoms with Crippen molar-refractivity contribution >= 4 is 37.5 Å². The van der Waals surface area contributed by atoms with Crippen LogP contribution in [0.25, 0.3) is 10.2 Å². The Bertz CT molecular complexity index is 866. The van der Waals surface area contributed by atoms with Gasteiger partial charge in [0.25, 0.3) is 0 Å². The predicted molar refractivity (Wildman–Crippen MR) is 102 cm³/mol. The summed E-state index contributed by atoms with van der Waals surface area (Å²) in [6.07, 6.45) is 1.18. The normalized spacial score (nSPS) is 18.9. The van der Waals surface area contributed by atoms with E-state index in [1.807, 2.05) is 45.0 Å². The van der Waals surface area contributed by atoms with E-state index in [9.17, 15) is 13.2 Å². The minimum absolute atomic E-state index is 0.00607. The molecule has 1 aliphatic rings. The summed E-state index contributed by atoms with van der Waals surface area (Å²) in [4.78, 5) is 18.2. The van der Waals surface area contributed by atoms with Gasteiger partial charge in [0.15, 0.2) is 0 Å². The number of para-hydroxylation sites is 1. The molecule has 1 amide bonds. The number of carbonyl (C=O) groups is 1. The molecule has 142 valence electrons. The molecule has 26 heavy (non-hydrogen) atoms. The molecule has 0 saturated carbocycles. The van der Waals surface area contributed by atoms with Gasteiger partial charge in [-0.2, -0.15) is 0 Å². The van der Waals surface area contributed by atoms with Gasteiger partial charge in [0.1, 0.15) is 5.60 Å². The molecule has 2 aromatic rings. The monoisotopic (exact) mass is 396 g/mol. The van der Waals surface area contributed by atoms with Gasteiger partial charge in [-0.05, 0) is 51.7 Å². The molecule has 3 rings (SSSR count). The summed E-state index contributed by atoms with van der Waals surface area (Å²) >= 11 is 1.20. The zero-order valence-electron chi connectivity index (χ0n) is 15.3. The fourth-order valence-corrected chi connectivity index (χ4v) is 6.01. The lowest BCUT2D eigenvalue weighted by atomic mass is 10.0. The van der Waals surface area contributed by atoms with Crippen LogP contribution < -0.4 is 0 Å². The number of nitrogens with zero attached hydrogens (tertiary/aromatic N) is 2. The average Bonchev–Trinajstić information content (AvgIpc) is 2.98. The van der Waals surface area contributed by atoms with Crippen molar-refractivity contribution in [1.82, 2.24) is 9.88 Å². The van der Waals surface area contributed by atoms with Gasteiger partial charge in [-0.15, -0.1) is 11.3 Å². The zero-order chi connectivity index (χ0) is 18.9. The van der Waals surface area contributed by atoms with Crippen LogP contribution in [0.5, 0.6) is 0 Å². The first kappa shape index (κ1) is 19.1. The highest BCUT2D eigenvalue weighted by molar-refractivity contribution is 7.93. The first-order valence-electron chi connectivity index (χ1n) is 8.70. The van der Waals surface area contributed by atoms with E-state index in [2.05, 4.69) is 4.98 Å². The minimum atomic E-state index is -3.48. The highest BCUT2D eigenvalue weighted by atomic mass is 32.2. The number of ether oxygens (including phenoxy) is 1. The Hall–Kier alpha value is -1.67. The maximum absolute atomic E-state index is 12.8. The molecule has 1 unspecified atom stereocenters. The standard InChI is InChI=1S/C18H24N2O4S2/c1-18(2,3)24-17(21)20-10-6-7-13(11-20)12-26(22,23)16-19-14-8-4-5-9-15(14)25-16/h4-5,8-9,13H,6-7,10-12H2,1-3H3. The number of fused-ring (bicyclic) bond motifs is 1. The molecule has 1 atom stereocenters. The van der Waals surface area contributed by atoms with E-state index in [0.29, 0.717) is 18.6 Å². The van der Waals surface area contributed by atoms with Gasteiger partial charge >= 0.3 is 6.09 Å². The van der Waals surface area contributed by atoms with Crippen molar-refractivity contribution in [2.24, 2.45) is 5.92 Å². The van der Waals surface area contributed by atoms with Crippen molar-refractivity contribution in [2.45, 2.75) is 43.6 Å². The van der Waals surface area contributed by atoms with Crippen LogP contribution in [0.15, 0.2) is 28.6 Å². The van der Waals surface area contributed by atoms with E-state index in [1.165, 1.54) is 11.3 Å². The lowest BCUT2D eigenvalue weighted by Gasteiger charge is -2.33. The smallest absolute Gasteiger partial charge is 0.410 e. The molecule has 0 N–H and O–H groups in total. The van der Waals surface area contributed by atoms with E-state index >= 15 is 0 Å². The summed E-state index contributed by atoms with van der Waals surface area (Å²) in [7, 11) is -3.48. The van der Waals surface area contributed by atoms with Gasteiger partial charge in [-0.25, -0.2) is 18.2 Å². The predicted octanol–water partition coefficient (Wildman–Crippen LogP) is 3.72. The molecular formula is C18H24N2O4S2. The molecule has 6 nitrogen and oxygen atoms in total. The van der Waals surface area contributed by atoms with Gasteiger partial charge in [-0.1, -0.05) is 12.1 Å². The molecule has 1 saturated heterocycles. The Morgan fingerprint density at radius 1 is 1.35 bits per heavy atom. The topological polar surface area (TPSA) is 76.6 Å². The van der Waals surface area contributed by atoms with Crippen molar-refractivity contribution in [3.63, 3.8) is 0 Å². The van der Waals surface area contributed by atoms with Crippen molar-refractivity contribution in [1.29, 1.82) is 0 Å². The van der Waals surface area contributed by atoms with Crippen molar-refractivity contribution in [2.75, 3.05) is 18.8 Å². The van der Waals surface area contributed by atoms with Crippen molar-refractivity contribution in [3.05, 3.63) is 24.3 Å². The van der Waals surface area contributed by atoms with Crippen LogP contribution in [-0.4, -0.2) is 48.8 Å². The molecule has 2 heterocycles. The van der Waals surface area contributed by atoms with Gasteiger partial charge in [0.2, 0.25) is 14.2 Å². The average molecular weight is 397 g/mol. The first-order valence-corrected chi connectivity index (χ1v) is 11.2. The van der Waals surface area contributed by atoms with Crippen LogP contribution in [0.1, 0.15) is 33.6 Å². The molecule has 1 fully saturated rings. The largest absolute Gasteiger partial charge is 0.444 e. The van der Waals surface area contributed by atoms with Crippen LogP contribution in [0, 0.1) is 5.92 Å². The van der Waals surface area contributed by atoms with Crippen LogP contribution in [-0.2, 0) is 14.6 Å². The Labute approximate surface area is 158 Å². The lowest BCUT2D eigenvalue weighted by molar-refractivity contribution is 0.0176. The van der Waals surface area contributed by atoms with Crippen molar-refractivity contribution < 1.29 is 17.9 Å². The molecule has 8 heteroatoms. The molecule has 0 spiro atoms. The Morgan fingerprint density at radius 3 is 2.77 bits per heavy atom. The van der Waals surface area contributed by atoms with E-state index in [1.54, 1.807) is 4.90 Å². The maximum atomic E-state index is 12.8. The number of benzene rings is 1. The number of amides is 1. The SMILES string of the molecule is CC(C)(C)OC(=O)N1CCCC(CS(=O)(=O)c2nc3ccccc3s2)C1. The molecule has 0 bridgehead atoms. The summed E-state index contributed by atoms with van der Waals surface area (Å²) in [5.74, 6) is -0.0974. The maximum Gasteiger partial charge on any atom is 0.410 e. The van der Waals surface area contributed by atoms with Gasteiger partial charge in [0.05, 0.1) is 16.0 Å². The molecule has 0 radical (unpaired) electrons. The van der Waals surface area contributed by atoms with E-state index in [0.717, 1.165) is 17.5 Å². The second-order valence-corrected chi connectivity index (χ2v) is 10.9. The second kappa shape index (κ2) is 7.15. The van der Waals surface area contributed by atoms with Gasteiger partial charge in [-0.3, -0.25) is 0 Å². The number of piperidine rings is 1. The van der Waals surface area contributed by atoms with E-state index < -0.39 is 15.4 Å². The fraction of sp³-hybridized carbons (Fsp3) is 0.556. The third-order valence-electron chi connectivity index (χ3n) is 4.17. The number of hydrogen-bond donors (Lipinski definition) is 0. The molecule has 1 aliphatic heterocycles. The Balaban J connectivity index is 1.70. The van der Waals surface area contributed by atoms with Crippen LogP contribution in [0.4, 0.5) is 4.79 Å². The highest BCUT2D eigenvalue weighted by Crippen LogP contribution is 2.28. The Kier molecular flexibility index (Phi) is 5.25. The number of thiazole rings is 1. The quantitative estimate of drug-likeness (QED) is 0.790.